The average Bonchev–Trinajstić information content (AvgIpc) is 3.36. The van der Waals surface area contributed by atoms with Gasteiger partial charge in [0.05, 0.1) is 11.6 Å². The molecule has 0 fully saturated rings. The van der Waals surface area contributed by atoms with Gasteiger partial charge in [-0.2, -0.15) is 4.98 Å². The number of nitrogens with zero attached hydrogens (tertiary/aromatic N) is 3. The summed E-state index contributed by atoms with van der Waals surface area (Å²) < 4.78 is 5.85. The number of rotatable bonds is 5. The highest BCUT2D eigenvalue weighted by Crippen LogP contribution is 2.39. The fourth-order valence-corrected chi connectivity index (χ4v) is 5.05. The number of thioether (sulfide) groups is 1. The Kier molecular flexibility index (Phi) is 6.45. The van der Waals surface area contributed by atoms with Crippen LogP contribution in [0.1, 0.15) is 35.5 Å². The lowest BCUT2D eigenvalue weighted by atomic mass is 9.94. The highest BCUT2D eigenvalue weighted by Gasteiger charge is 2.34. The predicted molar refractivity (Wildman–Crippen MR) is 147 cm³/mol. The first-order valence-electron chi connectivity index (χ1n) is 11.4. The molecule has 1 aliphatic heterocycles. The van der Waals surface area contributed by atoms with E-state index in [0.29, 0.717) is 16.8 Å². The van der Waals surface area contributed by atoms with E-state index >= 15 is 0 Å². The van der Waals surface area contributed by atoms with Crippen molar-refractivity contribution in [1.29, 1.82) is 0 Å². The second-order valence-electron chi connectivity index (χ2n) is 8.55. The zero-order chi connectivity index (χ0) is 24.5. The molecule has 1 unspecified atom stereocenters. The van der Waals surface area contributed by atoms with Crippen molar-refractivity contribution in [2.24, 2.45) is 0 Å². The molecular weight excluding hydrogens is 472 g/mol. The Morgan fingerprint density at radius 1 is 0.943 bits per heavy atom. The number of allylic oxidation sites excluding steroid dienone is 1. The molecule has 2 heterocycles. The first-order chi connectivity index (χ1) is 17.0. The van der Waals surface area contributed by atoms with E-state index in [9.17, 15) is 0 Å². The topological polar surface area (TPSA) is 54.2 Å². The smallest absolute Gasteiger partial charge is 0.258 e. The third kappa shape index (κ3) is 4.49. The molecule has 1 aliphatic rings. The molecule has 0 aliphatic carbocycles. The SMILES string of the molecule is CSc1ccc(C2NC(=S)N(c3ccc(C)c(C)c3)C(C)=C2c2nc(-c3ccccc3)no2)cc1. The summed E-state index contributed by atoms with van der Waals surface area (Å²) in [5, 5.41) is 8.47. The second kappa shape index (κ2) is 9.68. The van der Waals surface area contributed by atoms with E-state index in [1.54, 1.807) is 11.8 Å². The van der Waals surface area contributed by atoms with Crippen molar-refractivity contribution in [3.63, 3.8) is 0 Å². The fourth-order valence-electron chi connectivity index (χ4n) is 4.28. The molecule has 1 atom stereocenters. The average molecular weight is 499 g/mol. The highest BCUT2D eigenvalue weighted by atomic mass is 32.2. The maximum absolute atomic E-state index is 5.88. The van der Waals surface area contributed by atoms with Crippen LogP contribution in [-0.4, -0.2) is 21.5 Å². The summed E-state index contributed by atoms with van der Waals surface area (Å²) in [6, 6.07) is 24.5. The Morgan fingerprint density at radius 2 is 1.69 bits per heavy atom. The minimum Gasteiger partial charge on any atom is -0.351 e. The zero-order valence-corrected chi connectivity index (χ0v) is 21.7. The summed E-state index contributed by atoms with van der Waals surface area (Å²) >= 11 is 7.60. The lowest BCUT2D eigenvalue weighted by Crippen LogP contribution is -2.46. The quantitative estimate of drug-likeness (QED) is 0.236. The van der Waals surface area contributed by atoms with Crippen molar-refractivity contribution in [1.82, 2.24) is 15.5 Å². The van der Waals surface area contributed by atoms with Gasteiger partial charge in [0.25, 0.3) is 5.89 Å². The van der Waals surface area contributed by atoms with E-state index in [0.717, 1.165) is 28.1 Å². The Labute approximate surface area is 215 Å². The van der Waals surface area contributed by atoms with E-state index in [2.05, 4.69) is 84.9 Å². The number of benzene rings is 3. The van der Waals surface area contributed by atoms with Crippen molar-refractivity contribution in [2.75, 3.05) is 11.2 Å². The van der Waals surface area contributed by atoms with Gasteiger partial charge in [-0.15, -0.1) is 11.8 Å². The van der Waals surface area contributed by atoms with Gasteiger partial charge in [-0.1, -0.05) is 53.7 Å². The number of hydrogen-bond acceptors (Lipinski definition) is 5. The predicted octanol–water partition coefficient (Wildman–Crippen LogP) is 6.94. The van der Waals surface area contributed by atoms with Gasteiger partial charge in [0.2, 0.25) is 5.82 Å². The molecule has 0 saturated heterocycles. The summed E-state index contributed by atoms with van der Waals surface area (Å²) in [5.74, 6) is 1.03. The molecular formula is C28H26N4OS2. The molecule has 0 radical (unpaired) electrons. The van der Waals surface area contributed by atoms with Crippen molar-refractivity contribution in [3.05, 3.63) is 101 Å². The molecule has 3 aromatic carbocycles. The number of hydrogen-bond donors (Lipinski definition) is 1. The first-order valence-corrected chi connectivity index (χ1v) is 13.0. The summed E-state index contributed by atoms with van der Waals surface area (Å²) in [7, 11) is 0. The zero-order valence-electron chi connectivity index (χ0n) is 20.1. The van der Waals surface area contributed by atoms with E-state index < -0.39 is 0 Å². The van der Waals surface area contributed by atoms with Crippen LogP contribution in [0, 0.1) is 13.8 Å². The van der Waals surface area contributed by atoms with Gasteiger partial charge in [0.1, 0.15) is 0 Å². The molecule has 5 rings (SSSR count). The number of anilines is 1. The van der Waals surface area contributed by atoms with Crippen molar-refractivity contribution in [2.45, 2.75) is 31.7 Å². The fraction of sp³-hybridized carbons (Fsp3) is 0.179. The largest absolute Gasteiger partial charge is 0.351 e. The second-order valence-corrected chi connectivity index (χ2v) is 9.81. The van der Waals surface area contributed by atoms with Crippen molar-refractivity contribution >= 4 is 40.4 Å². The van der Waals surface area contributed by atoms with Gasteiger partial charge in [-0.3, -0.25) is 4.90 Å². The first kappa shape index (κ1) is 23.3. The molecule has 0 saturated carbocycles. The number of aryl methyl sites for hydroxylation is 2. The lowest BCUT2D eigenvalue weighted by Gasteiger charge is -2.37. The molecule has 5 nitrogen and oxygen atoms in total. The normalized spacial score (nSPS) is 15.9. The minimum absolute atomic E-state index is 0.217. The van der Waals surface area contributed by atoms with Crippen molar-refractivity contribution in [3.8, 4) is 11.4 Å². The van der Waals surface area contributed by atoms with Gasteiger partial charge in [-0.25, -0.2) is 0 Å². The Balaban J connectivity index is 1.65. The van der Waals surface area contributed by atoms with E-state index in [4.69, 9.17) is 21.7 Å². The van der Waals surface area contributed by atoms with Crippen LogP contribution in [0.5, 0.6) is 0 Å². The minimum atomic E-state index is -0.217. The Morgan fingerprint density at radius 3 is 2.37 bits per heavy atom. The van der Waals surface area contributed by atoms with Gasteiger partial charge < -0.3 is 9.84 Å². The van der Waals surface area contributed by atoms with Crippen LogP contribution in [0.2, 0.25) is 0 Å². The van der Waals surface area contributed by atoms with Crippen LogP contribution < -0.4 is 10.2 Å². The summed E-state index contributed by atoms with van der Waals surface area (Å²) in [6.45, 7) is 6.28. The van der Waals surface area contributed by atoms with Gasteiger partial charge in [0.15, 0.2) is 5.11 Å². The number of nitrogens with one attached hydrogen (secondary N) is 1. The molecule has 176 valence electrons. The van der Waals surface area contributed by atoms with Crippen LogP contribution >= 0.6 is 24.0 Å². The Hall–Kier alpha value is -3.42. The van der Waals surface area contributed by atoms with E-state index in [1.165, 1.54) is 16.0 Å². The van der Waals surface area contributed by atoms with Crippen molar-refractivity contribution < 1.29 is 4.52 Å². The molecule has 35 heavy (non-hydrogen) atoms. The van der Waals surface area contributed by atoms with Crippen LogP contribution in [0.3, 0.4) is 0 Å². The molecule has 4 aromatic rings. The Bertz CT molecular complexity index is 1410. The molecule has 1 aromatic heterocycles. The third-order valence-corrected chi connectivity index (χ3v) is 7.42. The highest BCUT2D eigenvalue weighted by molar-refractivity contribution is 7.98. The van der Waals surface area contributed by atoms with E-state index in [1.807, 2.05) is 30.3 Å². The van der Waals surface area contributed by atoms with Gasteiger partial charge in [-0.05, 0) is 80.2 Å². The number of thiocarbonyl (C=S) groups is 1. The van der Waals surface area contributed by atoms with Crippen LogP contribution in [0.4, 0.5) is 5.69 Å². The van der Waals surface area contributed by atoms with Gasteiger partial charge in [0, 0.05) is 21.8 Å². The molecule has 1 N–H and O–H groups in total. The lowest BCUT2D eigenvalue weighted by molar-refractivity contribution is 0.404. The molecule has 7 heteroatoms. The summed E-state index contributed by atoms with van der Waals surface area (Å²) in [5.41, 5.74) is 7.30. The maximum Gasteiger partial charge on any atom is 0.258 e. The third-order valence-electron chi connectivity index (χ3n) is 6.37. The maximum atomic E-state index is 5.88. The molecule has 0 bridgehead atoms. The summed E-state index contributed by atoms with van der Waals surface area (Å²) in [4.78, 5) is 8.06. The van der Waals surface area contributed by atoms with Gasteiger partial charge >= 0.3 is 0 Å². The van der Waals surface area contributed by atoms with Crippen LogP contribution in [-0.2, 0) is 0 Å². The summed E-state index contributed by atoms with van der Waals surface area (Å²) in [6.07, 6.45) is 2.07. The standard InChI is InChI=1S/C28H26N4OS2/c1-17-10-13-22(16-18(17)2)32-19(3)24(27-30-26(31-33-27)21-8-6-5-7-9-21)25(29-28(32)34)20-11-14-23(35-4)15-12-20/h5-16,25H,1-4H3,(H,29,34). The molecule has 0 amide bonds. The molecule has 0 spiro atoms. The number of aromatic nitrogens is 2. The van der Waals surface area contributed by atoms with Crippen LogP contribution in [0.25, 0.3) is 17.0 Å². The monoisotopic (exact) mass is 498 g/mol. The van der Waals surface area contributed by atoms with E-state index in [-0.39, 0.29) is 6.04 Å². The van der Waals surface area contributed by atoms with Crippen LogP contribution in [0.15, 0.2) is 87.9 Å².